The Bertz CT molecular complexity index is 722. The molecule has 0 unspecified atom stereocenters. The smallest absolute Gasteiger partial charge is 0.00927 e. The van der Waals surface area contributed by atoms with Gasteiger partial charge in [0.15, 0.2) is 0 Å². The van der Waals surface area contributed by atoms with Gasteiger partial charge in [-0.2, -0.15) is 0 Å². The molecule has 0 saturated heterocycles. The monoisotopic (exact) mass is 308 g/mol. The van der Waals surface area contributed by atoms with Crippen LogP contribution in [-0.2, 0) is 0 Å². The molecule has 0 fully saturated rings. The molecule has 0 aliphatic carbocycles. The predicted octanol–water partition coefficient (Wildman–Crippen LogP) is 6.90. The van der Waals surface area contributed by atoms with Gasteiger partial charge in [-0.05, 0) is 67.8 Å². The quantitative estimate of drug-likeness (QED) is 0.539. The standard InChI is InChI=1S/C21H24S/c1-6-7-20-18(5)22-14-21(20)17(4)11-10-16(3)19-12-8-15(2)9-13-19/h6-14H,1-5H3/b7-6-,16-10+,17-11+. The second-order valence-corrected chi connectivity index (χ2v) is 6.77. The summed E-state index contributed by atoms with van der Waals surface area (Å²) < 4.78 is 0. The van der Waals surface area contributed by atoms with E-state index in [0.717, 1.165) is 0 Å². The second-order valence-electron chi connectivity index (χ2n) is 5.68. The molecule has 1 heteroatoms. The van der Waals surface area contributed by atoms with Gasteiger partial charge in [0.2, 0.25) is 0 Å². The maximum atomic E-state index is 2.26. The van der Waals surface area contributed by atoms with Gasteiger partial charge in [-0.15, -0.1) is 11.3 Å². The van der Waals surface area contributed by atoms with Gasteiger partial charge in [-0.3, -0.25) is 0 Å². The SMILES string of the molecule is C/C=C\c1c(/C(C)=C/C=C(\C)c2ccc(C)cc2)csc1C. The Balaban J connectivity index is 2.29. The van der Waals surface area contributed by atoms with Crippen LogP contribution in [-0.4, -0.2) is 0 Å². The molecule has 0 nitrogen and oxygen atoms in total. The van der Waals surface area contributed by atoms with Crippen molar-refractivity contribution < 1.29 is 0 Å². The number of thiophene rings is 1. The third-order valence-corrected chi connectivity index (χ3v) is 4.80. The number of aryl methyl sites for hydroxylation is 2. The molecule has 2 rings (SSSR count). The first-order valence-corrected chi connectivity index (χ1v) is 8.54. The van der Waals surface area contributed by atoms with Crippen LogP contribution >= 0.6 is 11.3 Å². The second kappa shape index (κ2) is 7.42. The van der Waals surface area contributed by atoms with E-state index in [4.69, 9.17) is 0 Å². The van der Waals surface area contributed by atoms with Crippen molar-refractivity contribution in [1.29, 1.82) is 0 Å². The topological polar surface area (TPSA) is 0 Å². The van der Waals surface area contributed by atoms with E-state index in [-0.39, 0.29) is 0 Å². The zero-order valence-corrected chi connectivity index (χ0v) is 14.9. The lowest BCUT2D eigenvalue weighted by Gasteiger charge is -2.03. The molecular weight excluding hydrogens is 284 g/mol. The molecule has 22 heavy (non-hydrogen) atoms. The fraction of sp³-hybridized carbons (Fsp3) is 0.238. The lowest BCUT2D eigenvalue weighted by molar-refractivity contribution is 1.44. The first-order valence-electron chi connectivity index (χ1n) is 7.66. The van der Waals surface area contributed by atoms with Gasteiger partial charge in [-0.1, -0.05) is 54.1 Å². The van der Waals surface area contributed by atoms with Crippen molar-refractivity contribution in [2.24, 2.45) is 0 Å². The summed E-state index contributed by atoms with van der Waals surface area (Å²) in [4.78, 5) is 1.38. The number of allylic oxidation sites excluding steroid dienone is 5. The van der Waals surface area contributed by atoms with Gasteiger partial charge in [0.25, 0.3) is 0 Å². The van der Waals surface area contributed by atoms with E-state index in [1.54, 1.807) is 0 Å². The Morgan fingerprint density at radius 1 is 0.955 bits per heavy atom. The Kier molecular flexibility index (Phi) is 5.57. The molecular formula is C21H24S. The van der Waals surface area contributed by atoms with Crippen LogP contribution in [0.5, 0.6) is 0 Å². The van der Waals surface area contributed by atoms with Gasteiger partial charge in [0.05, 0.1) is 0 Å². The van der Waals surface area contributed by atoms with E-state index in [2.05, 4.69) is 88.6 Å². The van der Waals surface area contributed by atoms with Crippen molar-refractivity contribution in [3.8, 4) is 0 Å². The summed E-state index contributed by atoms with van der Waals surface area (Å²) in [6, 6.07) is 8.69. The summed E-state index contributed by atoms with van der Waals surface area (Å²) in [6.07, 6.45) is 8.75. The average Bonchev–Trinajstić information content (AvgIpc) is 2.87. The first kappa shape index (κ1) is 16.5. The molecule has 0 atom stereocenters. The molecule has 0 amide bonds. The minimum Gasteiger partial charge on any atom is -0.148 e. The van der Waals surface area contributed by atoms with E-state index in [1.807, 2.05) is 11.3 Å². The van der Waals surface area contributed by atoms with Crippen molar-refractivity contribution in [3.63, 3.8) is 0 Å². The van der Waals surface area contributed by atoms with Crippen LogP contribution in [0, 0.1) is 13.8 Å². The summed E-state index contributed by atoms with van der Waals surface area (Å²) in [5, 5.41) is 2.26. The molecule has 1 aromatic carbocycles. The highest BCUT2D eigenvalue weighted by Crippen LogP contribution is 2.29. The van der Waals surface area contributed by atoms with Crippen molar-refractivity contribution in [3.05, 3.63) is 75.0 Å². The summed E-state index contributed by atoms with van der Waals surface area (Å²) in [7, 11) is 0. The van der Waals surface area contributed by atoms with Gasteiger partial charge in [0, 0.05) is 4.88 Å². The molecule has 0 aliphatic rings. The largest absolute Gasteiger partial charge is 0.148 e. The summed E-state index contributed by atoms with van der Waals surface area (Å²) in [5.74, 6) is 0. The highest BCUT2D eigenvalue weighted by Gasteiger charge is 2.06. The molecule has 114 valence electrons. The number of benzene rings is 1. The van der Waals surface area contributed by atoms with Crippen molar-refractivity contribution in [2.45, 2.75) is 34.6 Å². The Hall–Kier alpha value is -1.86. The first-order chi connectivity index (χ1) is 10.5. The van der Waals surface area contributed by atoms with E-state index < -0.39 is 0 Å². The fourth-order valence-electron chi connectivity index (χ4n) is 2.40. The normalized spacial score (nSPS) is 13.1. The van der Waals surface area contributed by atoms with Crippen molar-refractivity contribution >= 4 is 28.6 Å². The molecule has 0 aliphatic heterocycles. The van der Waals surface area contributed by atoms with E-state index in [9.17, 15) is 0 Å². The Morgan fingerprint density at radius 2 is 1.59 bits per heavy atom. The molecule has 1 aromatic heterocycles. The lowest BCUT2D eigenvalue weighted by Crippen LogP contribution is -1.82. The van der Waals surface area contributed by atoms with Crippen molar-refractivity contribution in [2.75, 3.05) is 0 Å². The molecule has 0 radical (unpaired) electrons. The van der Waals surface area contributed by atoms with E-state index >= 15 is 0 Å². The highest BCUT2D eigenvalue weighted by atomic mass is 32.1. The fourth-order valence-corrected chi connectivity index (χ4v) is 3.31. The van der Waals surface area contributed by atoms with Crippen LogP contribution in [0.4, 0.5) is 0 Å². The maximum absolute atomic E-state index is 2.26. The third-order valence-electron chi connectivity index (χ3n) is 3.87. The number of hydrogen-bond donors (Lipinski definition) is 0. The van der Waals surface area contributed by atoms with E-state index in [1.165, 1.54) is 38.3 Å². The molecule has 0 N–H and O–H groups in total. The molecule has 0 bridgehead atoms. The number of rotatable bonds is 4. The molecule has 1 heterocycles. The zero-order valence-electron chi connectivity index (χ0n) is 14.1. The van der Waals surface area contributed by atoms with Crippen LogP contribution in [0.25, 0.3) is 17.2 Å². The van der Waals surface area contributed by atoms with Crippen LogP contribution in [0.2, 0.25) is 0 Å². The summed E-state index contributed by atoms with van der Waals surface area (Å²) >= 11 is 1.82. The van der Waals surface area contributed by atoms with Crippen LogP contribution in [0.15, 0.2) is 47.9 Å². The lowest BCUT2D eigenvalue weighted by atomic mass is 10.0. The highest BCUT2D eigenvalue weighted by molar-refractivity contribution is 7.10. The minimum atomic E-state index is 1.28. The van der Waals surface area contributed by atoms with Crippen LogP contribution in [0.1, 0.15) is 47.9 Å². The van der Waals surface area contributed by atoms with Gasteiger partial charge < -0.3 is 0 Å². The minimum absolute atomic E-state index is 1.28. The van der Waals surface area contributed by atoms with Gasteiger partial charge >= 0.3 is 0 Å². The maximum Gasteiger partial charge on any atom is 0.00927 e. The predicted molar refractivity (Wildman–Crippen MR) is 102 cm³/mol. The summed E-state index contributed by atoms with van der Waals surface area (Å²) in [5.41, 5.74) is 7.87. The van der Waals surface area contributed by atoms with E-state index in [0.29, 0.717) is 0 Å². The molecule has 0 spiro atoms. The summed E-state index contributed by atoms with van der Waals surface area (Å²) in [6.45, 7) is 10.7. The Labute approximate surface area is 138 Å². The zero-order chi connectivity index (χ0) is 16.1. The average molecular weight is 308 g/mol. The van der Waals surface area contributed by atoms with Crippen LogP contribution < -0.4 is 0 Å². The van der Waals surface area contributed by atoms with Gasteiger partial charge in [0.1, 0.15) is 0 Å². The number of hydrogen-bond acceptors (Lipinski definition) is 1. The Morgan fingerprint density at radius 3 is 2.23 bits per heavy atom. The van der Waals surface area contributed by atoms with Gasteiger partial charge in [-0.25, -0.2) is 0 Å². The van der Waals surface area contributed by atoms with Crippen LogP contribution in [0.3, 0.4) is 0 Å². The molecule has 2 aromatic rings. The van der Waals surface area contributed by atoms with Crippen molar-refractivity contribution in [1.82, 2.24) is 0 Å². The molecule has 0 saturated carbocycles. The third kappa shape index (κ3) is 3.86.